The van der Waals surface area contributed by atoms with E-state index in [2.05, 4.69) is 13.8 Å². The summed E-state index contributed by atoms with van der Waals surface area (Å²) in [6.45, 7) is 5.16. The third-order valence-corrected chi connectivity index (χ3v) is 6.62. The van der Waals surface area contributed by atoms with E-state index in [1.807, 2.05) is 24.3 Å². The van der Waals surface area contributed by atoms with Gasteiger partial charge in [-0.1, -0.05) is 71.6 Å². The van der Waals surface area contributed by atoms with Crippen LogP contribution in [-0.2, 0) is 0 Å². The van der Waals surface area contributed by atoms with Gasteiger partial charge in [0.2, 0.25) is 5.12 Å². The molecular weight excluding hydrogens is 447 g/mol. The van der Waals surface area contributed by atoms with Crippen LogP contribution in [0.3, 0.4) is 0 Å². The monoisotopic (exact) mass is 488 g/mol. The number of rotatable bonds is 18. The molecule has 188 valence electrons. The van der Waals surface area contributed by atoms with Gasteiger partial charge in [0, 0.05) is 10.5 Å². The Morgan fingerprint density at radius 1 is 0.765 bits per heavy atom. The van der Waals surface area contributed by atoms with E-state index < -0.39 is 6.17 Å². The molecule has 0 bridgehead atoms. The maximum absolute atomic E-state index is 13.9. The Morgan fingerprint density at radius 3 is 2.00 bits per heavy atom. The molecule has 34 heavy (non-hydrogen) atoms. The van der Waals surface area contributed by atoms with Crippen LogP contribution in [0.4, 0.5) is 4.39 Å². The second-order valence-electron chi connectivity index (χ2n) is 8.76. The number of hydrogen-bond acceptors (Lipinski definition) is 4. The van der Waals surface area contributed by atoms with E-state index in [0.717, 1.165) is 49.4 Å². The molecule has 0 aliphatic heterocycles. The summed E-state index contributed by atoms with van der Waals surface area (Å²) in [6.07, 6.45) is 11.3. The standard InChI is InChI=1S/C29H41FO3S/c1-3-5-7-9-10-12-22-32-26-18-20-28(21-19-26)34-29(31)24-14-16-27(17-15-24)33-23-25(30)13-11-8-6-4-2/h14-21,25H,3-13,22-23H2,1-2H3. The quantitative estimate of drug-likeness (QED) is 0.155. The molecule has 1 unspecified atom stereocenters. The lowest BCUT2D eigenvalue weighted by atomic mass is 10.1. The van der Waals surface area contributed by atoms with E-state index in [1.165, 1.54) is 43.9 Å². The minimum Gasteiger partial charge on any atom is -0.494 e. The van der Waals surface area contributed by atoms with E-state index >= 15 is 0 Å². The Labute approximate surface area is 209 Å². The molecule has 0 amide bonds. The van der Waals surface area contributed by atoms with Crippen LogP contribution in [0.5, 0.6) is 11.5 Å². The van der Waals surface area contributed by atoms with E-state index in [-0.39, 0.29) is 11.7 Å². The van der Waals surface area contributed by atoms with Crippen LogP contribution in [0, 0.1) is 0 Å². The summed E-state index contributed by atoms with van der Waals surface area (Å²) in [4.78, 5) is 13.5. The van der Waals surface area contributed by atoms with Crippen molar-refractivity contribution in [2.24, 2.45) is 0 Å². The molecule has 5 heteroatoms. The summed E-state index contributed by atoms with van der Waals surface area (Å²) in [5.41, 5.74) is 0.595. The van der Waals surface area contributed by atoms with E-state index in [0.29, 0.717) is 17.7 Å². The molecule has 0 N–H and O–H groups in total. The first kappa shape index (κ1) is 28.2. The number of halogens is 1. The lowest BCUT2D eigenvalue weighted by Crippen LogP contribution is -2.12. The van der Waals surface area contributed by atoms with Crippen molar-refractivity contribution in [3.63, 3.8) is 0 Å². The Hall–Kier alpha value is -2.01. The van der Waals surface area contributed by atoms with Gasteiger partial charge in [-0.25, -0.2) is 4.39 Å². The highest BCUT2D eigenvalue weighted by Gasteiger charge is 2.10. The molecular formula is C29H41FO3S. The van der Waals surface area contributed by atoms with Crippen molar-refractivity contribution in [2.75, 3.05) is 13.2 Å². The fraction of sp³-hybridized carbons (Fsp3) is 0.552. The lowest BCUT2D eigenvalue weighted by molar-refractivity contribution is 0.108. The maximum Gasteiger partial charge on any atom is 0.224 e. The number of hydrogen-bond donors (Lipinski definition) is 0. The summed E-state index contributed by atoms with van der Waals surface area (Å²) in [5, 5.41) is -0.0356. The van der Waals surface area contributed by atoms with Gasteiger partial charge in [0.25, 0.3) is 0 Å². The van der Waals surface area contributed by atoms with E-state index in [9.17, 15) is 9.18 Å². The summed E-state index contributed by atoms with van der Waals surface area (Å²) in [5.74, 6) is 1.42. The topological polar surface area (TPSA) is 35.5 Å². The van der Waals surface area contributed by atoms with Crippen molar-refractivity contribution in [3.05, 3.63) is 54.1 Å². The molecule has 2 aromatic carbocycles. The predicted octanol–water partition coefficient (Wildman–Crippen LogP) is 9.05. The van der Waals surface area contributed by atoms with Crippen LogP contribution in [-0.4, -0.2) is 24.5 Å². The zero-order valence-electron chi connectivity index (χ0n) is 20.9. The van der Waals surface area contributed by atoms with Crippen molar-refractivity contribution in [1.82, 2.24) is 0 Å². The molecule has 2 rings (SSSR count). The number of alkyl halides is 1. The predicted molar refractivity (Wildman–Crippen MR) is 141 cm³/mol. The highest BCUT2D eigenvalue weighted by Crippen LogP contribution is 2.26. The van der Waals surface area contributed by atoms with Crippen LogP contribution in [0.25, 0.3) is 0 Å². The largest absolute Gasteiger partial charge is 0.494 e. The van der Waals surface area contributed by atoms with Crippen LogP contribution in [0.15, 0.2) is 53.4 Å². The first-order chi connectivity index (χ1) is 16.6. The summed E-state index contributed by atoms with van der Waals surface area (Å²) >= 11 is 1.19. The molecule has 0 spiro atoms. The third kappa shape index (κ3) is 11.9. The molecule has 0 radical (unpaired) electrons. The third-order valence-electron chi connectivity index (χ3n) is 5.69. The smallest absolute Gasteiger partial charge is 0.224 e. The molecule has 0 aliphatic carbocycles. The minimum absolute atomic E-state index is 0.0356. The Morgan fingerprint density at radius 2 is 1.32 bits per heavy atom. The maximum atomic E-state index is 13.9. The van der Waals surface area contributed by atoms with Crippen LogP contribution in [0.1, 0.15) is 94.8 Å². The van der Waals surface area contributed by atoms with Crippen molar-refractivity contribution < 1.29 is 18.7 Å². The SMILES string of the molecule is CCCCCCCCOc1ccc(SC(=O)c2ccc(OCC(F)CCCCCC)cc2)cc1. The highest BCUT2D eigenvalue weighted by molar-refractivity contribution is 8.14. The van der Waals surface area contributed by atoms with Gasteiger partial charge in [0.1, 0.15) is 24.3 Å². The number of unbranched alkanes of at least 4 members (excludes halogenated alkanes) is 8. The fourth-order valence-corrected chi connectivity index (χ4v) is 4.33. The average Bonchev–Trinajstić information content (AvgIpc) is 2.86. The number of benzene rings is 2. The van der Waals surface area contributed by atoms with Gasteiger partial charge >= 0.3 is 0 Å². The van der Waals surface area contributed by atoms with Crippen molar-refractivity contribution in [3.8, 4) is 11.5 Å². The van der Waals surface area contributed by atoms with Crippen molar-refractivity contribution >= 4 is 16.9 Å². The lowest BCUT2D eigenvalue weighted by Gasteiger charge is -2.11. The zero-order valence-corrected chi connectivity index (χ0v) is 21.7. The second-order valence-corrected chi connectivity index (χ2v) is 9.81. The normalized spacial score (nSPS) is 11.9. The second kappa shape index (κ2) is 17.4. The first-order valence-corrected chi connectivity index (χ1v) is 13.8. The summed E-state index contributed by atoms with van der Waals surface area (Å²) < 4.78 is 25.3. The Balaban J connectivity index is 1.68. The van der Waals surface area contributed by atoms with E-state index in [1.54, 1.807) is 24.3 Å². The van der Waals surface area contributed by atoms with Gasteiger partial charge in [0.15, 0.2) is 0 Å². The molecule has 0 aliphatic rings. The molecule has 0 saturated carbocycles. The molecule has 0 saturated heterocycles. The number of thioether (sulfide) groups is 1. The van der Waals surface area contributed by atoms with E-state index in [4.69, 9.17) is 9.47 Å². The Kier molecular flexibility index (Phi) is 14.5. The molecule has 2 aromatic rings. The highest BCUT2D eigenvalue weighted by atomic mass is 32.2. The van der Waals surface area contributed by atoms with Gasteiger partial charge in [-0.05, 0) is 73.1 Å². The molecule has 0 aromatic heterocycles. The van der Waals surface area contributed by atoms with Gasteiger partial charge < -0.3 is 9.47 Å². The van der Waals surface area contributed by atoms with Crippen LogP contribution >= 0.6 is 11.8 Å². The zero-order chi connectivity index (χ0) is 24.4. The van der Waals surface area contributed by atoms with Gasteiger partial charge in [-0.15, -0.1) is 0 Å². The molecule has 0 heterocycles. The number of carbonyl (C=O) groups is 1. The Bertz CT molecular complexity index is 792. The fourth-order valence-electron chi connectivity index (χ4n) is 3.59. The summed E-state index contributed by atoms with van der Waals surface area (Å²) in [6, 6.07) is 14.6. The minimum atomic E-state index is -0.952. The van der Waals surface area contributed by atoms with Gasteiger partial charge in [-0.3, -0.25) is 4.79 Å². The van der Waals surface area contributed by atoms with Gasteiger partial charge in [0.05, 0.1) is 6.61 Å². The molecule has 3 nitrogen and oxygen atoms in total. The first-order valence-electron chi connectivity index (χ1n) is 12.9. The average molecular weight is 489 g/mol. The van der Waals surface area contributed by atoms with Crippen molar-refractivity contribution in [2.45, 2.75) is 95.5 Å². The van der Waals surface area contributed by atoms with Gasteiger partial charge in [-0.2, -0.15) is 0 Å². The molecule has 0 fully saturated rings. The van der Waals surface area contributed by atoms with Crippen molar-refractivity contribution in [1.29, 1.82) is 0 Å². The van der Waals surface area contributed by atoms with Crippen LogP contribution in [0.2, 0.25) is 0 Å². The number of ether oxygens (including phenoxy) is 2. The van der Waals surface area contributed by atoms with Crippen LogP contribution < -0.4 is 9.47 Å². The number of carbonyl (C=O) groups excluding carboxylic acids is 1. The molecule has 1 atom stereocenters. The summed E-state index contributed by atoms with van der Waals surface area (Å²) in [7, 11) is 0.